The number of carbonyl (C=O) groups excluding carboxylic acids is 1. The number of carbonyl (C=O) groups is 1. The number of hydrazone groups is 1. The van der Waals surface area contributed by atoms with Gasteiger partial charge in [0.25, 0.3) is 11.6 Å². The first kappa shape index (κ1) is 17.9. The van der Waals surface area contributed by atoms with Gasteiger partial charge in [0.05, 0.1) is 23.3 Å². The number of hydrogen-bond acceptors (Lipinski definition) is 6. The molecule has 130 valence electrons. The van der Waals surface area contributed by atoms with E-state index in [4.69, 9.17) is 9.47 Å². The third-order valence-electron chi connectivity index (χ3n) is 3.03. The predicted molar refractivity (Wildman–Crippen MR) is 91.9 cm³/mol. The highest BCUT2D eigenvalue weighted by Crippen LogP contribution is 2.26. The normalized spacial score (nSPS) is 10.4. The molecule has 0 bridgehead atoms. The van der Waals surface area contributed by atoms with Crippen molar-refractivity contribution >= 4 is 17.8 Å². The number of para-hydroxylation sites is 3. The Morgan fingerprint density at radius 3 is 2.48 bits per heavy atom. The largest absolute Gasteiger partial charge is 0.490 e. The molecule has 0 aliphatic rings. The molecule has 2 aromatic carbocycles. The van der Waals surface area contributed by atoms with Crippen LogP contribution in [0.25, 0.3) is 0 Å². The van der Waals surface area contributed by atoms with Crippen LogP contribution in [0.3, 0.4) is 0 Å². The number of rotatable bonds is 8. The molecular formula is C17H17N3O5. The summed E-state index contributed by atoms with van der Waals surface area (Å²) in [5.74, 6) is 0.490. The zero-order valence-electron chi connectivity index (χ0n) is 13.5. The van der Waals surface area contributed by atoms with E-state index in [1.54, 1.807) is 36.4 Å². The van der Waals surface area contributed by atoms with Crippen LogP contribution in [-0.2, 0) is 4.79 Å². The van der Waals surface area contributed by atoms with Crippen LogP contribution in [0.5, 0.6) is 11.5 Å². The quantitative estimate of drug-likeness (QED) is 0.451. The van der Waals surface area contributed by atoms with E-state index in [1.165, 1.54) is 18.3 Å². The summed E-state index contributed by atoms with van der Waals surface area (Å²) < 4.78 is 10.8. The topological polar surface area (TPSA) is 103 Å². The van der Waals surface area contributed by atoms with Crippen LogP contribution in [0.15, 0.2) is 53.6 Å². The molecule has 0 radical (unpaired) electrons. The van der Waals surface area contributed by atoms with Crippen molar-refractivity contribution in [2.75, 3.05) is 13.2 Å². The highest BCUT2D eigenvalue weighted by atomic mass is 16.6. The summed E-state index contributed by atoms with van der Waals surface area (Å²) >= 11 is 0. The lowest BCUT2D eigenvalue weighted by molar-refractivity contribution is -0.385. The van der Waals surface area contributed by atoms with Crippen molar-refractivity contribution in [3.63, 3.8) is 0 Å². The number of nitro groups is 1. The number of ether oxygens (including phenoxy) is 2. The Morgan fingerprint density at radius 2 is 1.80 bits per heavy atom. The van der Waals surface area contributed by atoms with Gasteiger partial charge in [0.2, 0.25) is 0 Å². The van der Waals surface area contributed by atoms with Gasteiger partial charge >= 0.3 is 0 Å². The molecule has 0 atom stereocenters. The van der Waals surface area contributed by atoms with Crippen molar-refractivity contribution in [3.05, 3.63) is 64.2 Å². The minimum atomic E-state index is -0.517. The van der Waals surface area contributed by atoms with Crippen molar-refractivity contribution in [1.29, 1.82) is 0 Å². The van der Waals surface area contributed by atoms with Crippen LogP contribution < -0.4 is 14.9 Å². The Bertz CT molecular complexity index is 776. The zero-order chi connectivity index (χ0) is 18.1. The standard InChI is InChI=1S/C17H17N3O5/c1-2-24-15-9-5-6-10-16(15)25-12-17(21)19-18-11-13-7-3-4-8-14(13)20(22)23/h3-11H,2,12H2,1H3,(H,19,21)/b18-11-. The smallest absolute Gasteiger partial charge is 0.278 e. The molecule has 8 heteroatoms. The Labute approximate surface area is 144 Å². The Balaban J connectivity index is 1.90. The van der Waals surface area contributed by atoms with Crippen molar-refractivity contribution in [1.82, 2.24) is 5.43 Å². The number of hydrogen-bond donors (Lipinski definition) is 1. The third kappa shape index (κ3) is 5.31. The summed E-state index contributed by atoms with van der Waals surface area (Å²) in [6.07, 6.45) is 1.21. The minimum Gasteiger partial charge on any atom is -0.490 e. The van der Waals surface area contributed by atoms with Crippen LogP contribution in [-0.4, -0.2) is 30.3 Å². The lowest BCUT2D eigenvalue weighted by atomic mass is 10.2. The third-order valence-corrected chi connectivity index (χ3v) is 3.03. The van der Waals surface area contributed by atoms with E-state index in [0.717, 1.165) is 0 Å². The number of benzene rings is 2. The summed E-state index contributed by atoms with van der Waals surface area (Å²) in [5.41, 5.74) is 2.45. The van der Waals surface area contributed by atoms with Gasteiger partial charge in [-0.1, -0.05) is 24.3 Å². The lowest BCUT2D eigenvalue weighted by Crippen LogP contribution is -2.24. The maximum absolute atomic E-state index is 11.8. The fourth-order valence-electron chi connectivity index (χ4n) is 1.96. The van der Waals surface area contributed by atoms with Crippen LogP contribution >= 0.6 is 0 Å². The van der Waals surface area contributed by atoms with Gasteiger partial charge in [-0.05, 0) is 25.1 Å². The molecule has 2 aromatic rings. The van der Waals surface area contributed by atoms with Gasteiger partial charge in [0.15, 0.2) is 18.1 Å². The molecule has 0 fully saturated rings. The number of nitrogens with zero attached hydrogens (tertiary/aromatic N) is 2. The fraction of sp³-hybridized carbons (Fsp3) is 0.176. The van der Waals surface area contributed by atoms with E-state index in [-0.39, 0.29) is 17.9 Å². The van der Waals surface area contributed by atoms with Crippen molar-refractivity contribution < 1.29 is 19.2 Å². The highest BCUT2D eigenvalue weighted by Gasteiger charge is 2.10. The van der Waals surface area contributed by atoms with Gasteiger partial charge in [0.1, 0.15) is 0 Å². The number of amides is 1. The SMILES string of the molecule is CCOc1ccccc1OCC(=O)N/N=C\c1ccccc1[N+](=O)[O-]. The van der Waals surface area contributed by atoms with Crippen LogP contribution in [0.1, 0.15) is 12.5 Å². The van der Waals surface area contributed by atoms with Gasteiger partial charge < -0.3 is 9.47 Å². The summed E-state index contributed by atoms with van der Waals surface area (Å²) in [6, 6.07) is 13.1. The van der Waals surface area contributed by atoms with Crippen molar-refractivity contribution in [2.24, 2.45) is 5.10 Å². The molecule has 8 nitrogen and oxygen atoms in total. The van der Waals surface area contributed by atoms with Crippen molar-refractivity contribution in [2.45, 2.75) is 6.92 Å². The molecule has 2 rings (SSSR count). The molecule has 1 amide bonds. The summed E-state index contributed by atoms with van der Waals surface area (Å²) in [4.78, 5) is 22.1. The van der Waals surface area contributed by atoms with Gasteiger partial charge in [-0.3, -0.25) is 14.9 Å². The van der Waals surface area contributed by atoms with Gasteiger partial charge in [-0.15, -0.1) is 0 Å². The number of nitrogens with one attached hydrogen (secondary N) is 1. The zero-order valence-corrected chi connectivity index (χ0v) is 13.5. The lowest BCUT2D eigenvalue weighted by Gasteiger charge is -2.10. The van der Waals surface area contributed by atoms with Gasteiger partial charge in [0, 0.05) is 6.07 Å². The van der Waals surface area contributed by atoms with E-state index in [9.17, 15) is 14.9 Å². The highest BCUT2D eigenvalue weighted by molar-refractivity contribution is 5.86. The summed E-state index contributed by atoms with van der Waals surface area (Å²) in [6.45, 7) is 2.06. The van der Waals surface area contributed by atoms with Crippen molar-refractivity contribution in [3.8, 4) is 11.5 Å². The molecule has 0 aliphatic carbocycles. The second-order valence-corrected chi connectivity index (χ2v) is 4.78. The van der Waals surface area contributed by atoms with Crippen LogP contribution in [0.4, 0.5) is 5.69 Å². The molecule has 0 spiro atoms. The molecule has 25 heavy (non-hydrogen) atoms. The Hall–Kier alpha value is -3.42. The molecule has 0 aromatic heterocycles. The maximum atomic E-state index is 11.8. The second kappa shape index (κ2) is 9.02. The van der Waals surface area contributed by atoms with Crippen LogP contribution in [0.2, 0.25) is 0 Å². The van der Waals surface area contributed by atoms with Crippen LogP contribution in [0, 0.1) is 10.1 Å². The maximum Gasteiger partial charge on any atom is 0.278 e. The first-order valence-corrected chi connectivity index (χ1v) is 7.51. The first-order chi connectivity index (χ1) is 12.1. The van der Waals surface area contributed by atoms with E-state index in [2.05, 4.69) is 10.5 Å². The molecule has 1 N–H and O–H groups in total. The monoisotopic (exact) mass is 343 g/mol. The van der Waals surface area contributed by atoms with E-state index in [1.807, 2.05) is 6.92 Å². The average molecular weight is 343 g/mol. The summed E-state index contributed by atoms with van der Waals surface area (Å²) in [5, 5.41) is 14.6. The van der Waals surface area contributed by atoms with E-state index < -0.39 is 10.8 Å². The van der Waals surface area contributed by atoms with E-state index in [0.29, 0.717) is 18.1 Å². The molecule has 0 aliphatic heterocycles. The predicted octanol–water partition coefficient (Wildman–Crippen LogP) is 2.52. The fourth-order valence-corrected chi connectivity index (χ4v) is 1.96. The molecular weight excluding hydrogens is 326 g/mol. The van der Waals surface area contributed by atoms with Gasteiger partial charge in [-0.2, -0.15) is 5.10 Å². The van der Waals surface area contributed by atoms with Gasteiger partial charge in [-0.25, -0.2) is 5.43 Å². The molecule has 0 saturated carbocycles. The Morgan fingerprint density at radius 1 is 1.16 bits per heavy atom. The Kier molecular flexibility index (Phi) is 6.47. The average Bonchev–Trinajstić information content (AvgIpc) is 2.61. The second-order valence-electron chi connectivity index (χ2n) is 4.78. The summed E-state index contributed by atoms with van der Waals surface area (Å²) in [7, 11) is 0. The minimum absolute atomic E-state index is 0.0950. The molecule has 0 heterocycles. The first-order valence-electron chi connectivity index (χ1n) is 7.51. The van der Waals surface area contributed by atoms with E-state index >= 15 is 0 Å². The molecule has 0 unspecified atom stereocenters. The molecule has 0 saturated heterocycles. The number of nitro benzene ring substituents is 1.